The van der Waals surface area contributed by atoms with Crippen LogP contribution >= 0.6 is 0 Å². The molecule has 0 aliphatic carbocycles. The third kappa shape index (κ3) is 3.07. The number of carbonyl (C=O) groups is 1. The van der Waals surface area contributed by atoms with E-state index >= 15 is 0 Å². The Morgan fingerprint density at radius 3 is 2.74 bits per heavy atom. The second-order valence-corrected chi connectivity index (χ2v) is 6.82. The number of hydrogen-bond acceptors (Lipinski definition) is 4. The highest BCUT2D eigenvalue weighted by atomic mass is 32.2. The zero-order valence-corrected chi connectivity index (χ0v) is 11.9. The lowest BCUT2D eigenvalue weighted by molar-refractivity contribution is -0.116. The van der Waals surface area contributed by atoms with E-state index in [9.17, 15) is 13.2 Å². The molecule has 1 aliphatic heterocycles. The van der Waals surface area contributed by atoms with Crippen molar-refractivity contribution in [2.45, 2.75) is 37.1 Å². The lowest BCUT2D eigenvalue weighted by atomic mass is 10.1. The van der Waals surface area contributed by atoms with Gasteiger partial charge in [-0.05, 0) is 18.6 Å². The summed E-state index contributed by atoms with van der Waals surface area (Å²) < 4.78 is 23.5. The molecule has 0 saturated heterocycles. The van der Waals surface area contributed by atoms with E-state index in [-0.39, 0.29) is 16.8 Å². The number of benzene rings is 1. The molecule has 19 heavy (non-hydrogen) atoms. The maximum atomic E-state index is 11.9. The molecule has 0 saturated carbocycles. The minimum absolute atomic E-state index is 0.0426. The quantitative estimate of drug-likeness (QED) is 0.889. The molecule has 1 amide bonds. The van der Waals surface area contributed by atoms with Gasteiger partial charge in [0.25, 0.3) is 0 Å². The molecule has 0 bridgehead atoms. The Morgan fingerprint density at radius 1 is 1.37 bits per heavy atom. The Balaban J connectivity index is 2.48. The molecule has 1 heterocycles. The number of fused-ring (bicyclic) bond motifs is 1. The standard InChI is InChI=1S/C13H18N2O3S/c1-3-5-9-8-12(16)15-13-10(14-9)6-4-7-11(13)19(2,17)18/h4,6-7,9,14H,3,5,8H2,1-2H3,(H,15,16). The van der Waals surface area contributed by atoms with Crippen LogP contribution in [0.4, 0.5) is 11.4 Å². The molecule has 2 N–H and O–H groups in total. The summed E-state index contributed by atoms with van der Waals surface area (Å²) in [5, 5.41) is 5.96. The highest BCUT2D eigenvalue weighted by molar-refractivity contribution is 7.90. The van der Waals surface area contributed by atoms with Crippen LogP contribution in [0.2, 0.25) is 0 Å². The van der Waals surface area contributed by atoms with E-state index in [4.69, 9.17) is 0 Å². The van der Waals surface area contributed by atoms with Gasteiger partial charge in [-0.25, -0.2) is 8.42 Å². The first-order chi connectivity index (χ1) is 8.91. The zero-order valence-electron chi connectivity index (χ0n) is 11.1. The number of rotatable bonds is 3. The number of anilines is 2. The molecule has 0 spiro atoms. The molecule has 1 aromatic carbocycles. The number of sulfone groups is 1. The zero-order chi connectivity index (χ0) is 14.0. The molecule has 5 nitrogen and oxygen atoms in total. The predicted molar refractivity (Wildman–Crippen MR) is 75.1 cm³/mol. The van der Waals surface area contributed by atoms with Gasteiger partial charge in [-0.1, -0.05) is 19.4 Å². The van der Waals surface area contributed by atoms with Crippen molar-refractivity contribution < 1.29 is 13.2 Å². The smallest absolute Gasteiger partial charge is 0.226 e. The van der Waals surface area contributed by atoms with Crippen LogP contribution in [-0.4, -0.2) is 26.6 Å². The summed E-state index contributed by atoms with van der Waals surface area (Å²) in [7, 11) is -3.37. The van der Waals surface area contributed by atoms with Gasteiger partial charge in [-0.3, -0.25) is 4.79 Å². The number of carbonyl (C=O) groups excluding carboxylic acids is 1. The van der Waals surface area contributed by atoms with Crippen molar-refractivity contribution in [1.29, 1.82) is 0 Å². The monoisotopic (exact) mass is 282 g/mol. The van der Waals surface area contributed by atoms with E-state index in [0.717, 1.165) is 19.1 Å². The fraction of sp³-hybridized carbons (Fsp3) is 0.462. The number of para-hydroxylation sites is 1. The minimum Gasteiger partial charge on any atom is -0.380 e. The summed E-state index contributed by atoms with van der Waals surface area (Å²) in [6.07, 6.45) is 3.33. The molecule has 0 aromatic heterocycles. The van der Waals surface area contributed by atoms with E-state index in [1.165, 1.54) is 6.07 Å². The van der Waals surface area contributed by atoms with Crippen LogP contribution in [0.5, 0.6) is 0 Å². The number of amides is 1. The van der Waals surface area contributed by atoms with Crippen molar-refractivity contribution in [2.24, 2.45) is 0 Å². The summed E-state index contributed by atoms with van der Waals surface area (Å²) in [6, 6.07) is 5.03. The van der Waals surface area contributed by atoms with Crippen LogP contribution in [0.3, 0.4) is 0 Å². The maximum Gasteiger partial charge on any atom is 0.226 e. The molecular formula is C13H18N2O3S. The Labute approximate surface area is 113 Å². The van der Waals surface area contributed by atoms with Crippen molar-refractivity contribution in [3.63, 3.8) is 0 Å². The van der Waals surface area contributed by atoms with Crippen molar-refractivity contribution >= 4 is 27.1 Å². The first-order valence-corrected chi connectivity index (χ1v) is 8.20. The maximum absolute atomic E-state index is 11.9. The summed E-state index contributed by atoms with van der Waals surface area (Å²) in [5.41, 5.74) is 1.04. The van der Waals surface area contributed by atoms with Crippen LogP contribution in [-0.2, 0) is 14.6 Å². The molecule has 1 unspecified atom stereocenters. The second-order valence-electron chi connectivity index (χ2n) is 4.83. The number of hydrogen-bond donors (Lipinski definition) is 2. The van der Waals surface area contributed by atoms with Crippen LogP contribution in [0.25, 0.3) is 0 Å². The SMILES string of the molecule is CCCC1CC(=O)Nc2c(cccc2S(C)(=O)=O)N1. The summed E-state index contributed by atoms with van der Waals surface area (Å²) in [6.45, 7) is 2.05. The van der Waals surface area contributed by atoms with Crippen molar-refractivity contribution in [3.05, 3.63) is 18.2 Å². The predicted octanol–water partition coefficient (Wildman–Crippen LogP) is 2.01. The van der Waals surface area contributed by atoms with Gasteiger partial charge >= 0.3 is 0 Å². The fourth-order valence-electron chi connectivity index (χ4n) is 2.30. The molecular weight excluding hydrogens is 264 g/mol. The van der Waals surface area contributed by atoms with E-state index in [1.807, 2.05) is 0 Å². The van der Waals surface area contributed by atoms with Gasteiger partial charge in [0, 0.05) is 18.7 Å². The largest absolute Gasteiger partial charge is 0.380 e. The highest BCUT2D eigenvalue weighted by Gasteiger charge is 2.24. The summed E-state index contributed by atoms with van der Waals surface area (Å²) in [5.74, 6) is -0.152. The fourth-order valence-corrected chi connectivity index (χ4v) is 3.15. The average molecular weight is 282 g/mol. The first-order valence-electron chi connectivity index (χ1n) is 6.31. The van der Waals surface area contributed by atoms with Gasteiger partial charge < -0.3 is 10.6 Å². The van der Waals surface area contributed by atoms with Crippen molar-refractivity contribution in [2.75, 3.05) is 16.9 Å². The lowest BCUT2D eigenvalue weighted by Crippen LogP contribution is -2.22. The van der Waals surface area contributed by atoms with Gasteiger partial charge in [-0.2, -0.15) is 0 Å². The Hall–Kier alpha value is -1.56. The summed E-state index contributed by atoms with van der Waals surface area (Å²) >= 11 is 0. The third-order valence-electron chi connectivity index (χ3n) is 3.12. The molecule has 6 heteroatoms. The van der Waals surface area contributed by atoms with Crippen molar-refractivity contribution in [3.8, 4) is 0 Å². The Bertz CT molecular complexity index is 596. The van der Waals surface area contributed by atoms with E-state index in [1.54, 1.807) is 12.1 Å². The second kappa shape index (κ2) is 5.21. The first kappa shape index (κ1) is 13.9. The molecule has 0 radical (unpaired) electrons. The average Bonchev–Trinajstić information content (AvgIpc) is 2.45. The van der Waals surface area contributed by atoms with Gasteiger partial charge in [-0.15, -0.1) is 0 Å². The van der Waals surface area contributed by atoms with E-state index in [2.05, 4.69) is 17.6 Å². The number of nitrogens with one attached hydrogen (secondary N) is 2. The van der Waals surface area contributed by atoms with E-state index < -0.39 is 9.84 Å². The van der Waals surface area contributed by atoms with Crippen LogP contribution in [0, 0.1) is 0 Å². The van der Waals surface area contributed by atoms with Gasteiger partial charge in [0.15, 0.2) is 9.84 Å². The molecule has 2 rings (SSSR count). The molecule has 104 valence electrons. The van der Waals surface area contributed by atoms with Crippen molar-refractivity contribution in [1.82, 2.24) is 0 Å². The normalized spacial score (nSPS) is 19.1. The van der Waals surface area contributed by atoms with Gasteiger partial charge in [0.1, 0.15) is 0 Å². The van der Waals surface area contributed by atoms with Crippen LogP contribution in [0.15, 0.2) is 23.1 Å². The van der Waals surface area contributed by atoms with Crippen LogP contribution in [0.1, 0.15) is 26.2 Å². The minimum atomic E-state index is -3.37. The topological polar surface area (TPSA) is 75.3 Å². The van der Waals surface area contributed by atoms with Gasteiger partial charge in [0.2, 0.25) is 5.91 Å². The lowest BCUT2D eigenvalue weighted by Gasteiger charge is -2.16. The molecule has 1 aliphatic rings. The molecule has 0 fully saturated rings. The van der Waals surface area contributed by atoms with E-state index in [0.29, 0.717) is 17.8 Å². The molecule has 1 atom stereocenters. The Morgan fingerprint density at radius 2 is 2.11 bits per heavy atom. The third-order valence-corrected chi connectivity index (χ3v) is 4.26. The molecule has 1 aromatic rings. The van der Waals surface area contributed by atoms with Gasteiger partial charge in [0.05, 0.1) is 16.3 Å². The summed E-state index contributed by atoms with van der Waals surface area (Å²) in [4.78, 5) is 12.0. The highest BCUT2D eigenvalue weighted by Crippen LogP contribution is 2.33. The van der Waals surface area contributed by atoms with Crippen LogP contribution < -0.4 is 10.6 Å². The Kier molecular flexibility index (Phi) is 3.80.